The number of nitrogens with zero attached hydrogens (tertiary/aromatic N) is 1. The van der Waals surface area contributed by atoms with Crippen molar-refractivity contribution >= 4 is 11.9 Å². The maximum atomic E-state index is 12.3. The fourth-order valence-corrected chi connectivity index (χ4v) is 2.72. The number of carbonyl (C=O) groups excluding carboxylic acids is 2. The van der Waals surface area contributed by atoms with E-state index in [0.717, 1.165) is 0 Å². The van der Waals surface area contributed by atoms with Gasteiger partial charge in [-0.3, -0.25) is 9.59 Å². The van der Waals surface area contributed by atoms with Crippen LogP contribution in [0.25, 0.3) is 0 Å². The molecule has 8 heteroatoms. The third-order valence-corrected chi connectivity index (χ3v) is 3.98. The van der Waals surface area contributed by atoms with Gasteiger partial charge in [-0.15, -0.1) is 13.2 Å². The topological polar surface area (TPSA) is 55.8 Å². The summed E-state index contributed by atoms with van der Waals surface area (Å²) < 4.78 is 45.1. The predicted octanol–water partition coefficient (Wildman–Crippen LogP) is 2.93. The van der Waals surface area contributed by atoms with Crippen LogP contribution in [0.15, 0.2) is 24.3 Å². The molecule has 5 nitrogen and oxygen atoms in total. The minimum atomic E-state index is -4.74. The molecule has 138 valence electrons. The molecule has 1 aliphatic rings. The second kappa shape index (κ2) is 8.22. The van der Waals surface area contributed by atoms with Crippen LogP contribution in [0.2, 0.25) is 0 Å². The maximum Gasteiger partial charge on any atom is 0.573 e. The molecule has 1 saturated heterocycles. The Hall–Kier alpha value is -2.25. The van der Waals surface area contributed by atoms with Gasteiger partial charge >= 0.3 is 12.3 Å². The summed E-state index contributed by atoms with van der Waals surface area (Å²) in [5, 5.41) is 0. The lowest BCUT2D eigenvalue weighted by molar-refractivity contribution is -0.274. The number of hydrogen-bond donors (Lipinski definition) is 0. The largest absolute Gasteiger partial charge is 0.573 e. The molecule has 25 heavy (non-hydrogen) atoms. The van der Waals surface area contributed by atoms with Gasteiger partial charge in [0.25, 0.3) is 0 Å². The standard InChI is InChI=1S/C17H20F3NO4/c1-2-24-16(23)13-7-9-21(10-8-13)15(22)11-12-3-5-14(6-4-12)25-17(18,19)20/h3-6,13H,2,7-11H2,1H3. The number of carbonyl (C=O) groups is 2. The molecule has 0 radical (unpaired) electrons. The highest BCUT2D eigenvalue weighted by Crippen LogP contribution is 2.23. The molecule has 1 heterocycles. The van der Waals surface area contributed by atoms with Gasteiger partial charge in [-0.25, -0.2) is 0 Å². The monoisotopic (exact) mass is 359 g/mol. The van der Waals surface area contributed by atoms with Gasteiger partial charge in [0.2, 0.25) is 5.91 Å². The molecule has 1 aromatic rings. The van der Waals surface area contributed by atoms with Crippen LogP contribution in [0.4, 0.5) is 13.2 Å². The number of piperidine rings is 1. The van der Waals surface area contributed by atoms with E-state index in [-0.39, 0.29) is 30.0 Å². The Labute approximate surface area is 143 Å². The Bertz CT molecular complexity index is 593. The molecule has 1 aromatic carbocycles. The molecule has 0 bridgehead atoms. The molecule has 1 fully saturated rings. The summed E-state index contributed by atoms with van der Waals surface area (Å²) >= 11 is 0. The Morgan fingerprint density at radius 1 is 1.16 bits per heavy atom. The molecule has 0 aromatic heterocycles. The summed E-state index contributed by atoms with van der Waals surface area (Å²) in [4.78, 5) is 25.6. The molecule has 0 saturated carbocycles. The first-order valence-corrected chi connectivity index (χ1v) is 8.07. The van der Waals surface area contributed by atoms with E-state index in [9.17, 15) is 22.8 Å². The van der Waals surface area contributed by atoms with Crippen LogP contribution in [0.5, 0.6) is 5.75 Å². The van der Waals surface area contributed by atoms with Crippen LogP contribution in [-0.2, 0) is 20.7 Å². The van der Waals surface area contributed by atoms with Crippen LogP contribution in [0, 0.1) is 5.92 Å². The van der Waals surface area contributed by atoms with Gasteiger partial charge in [0.1, 0.15) is 5.75 Å². The first-order valence-electron chi connectivity index (χ1n) is 8.07. The number of likely N-dealkylation sites (tertiary alicyclic amines) is 1. The van der Waals surface area contributed by atoms with Crippen LogP contribution >= 0.6 is 0 Å². The Kier molecular flexibility index (Phi) is 6.27. The van der Waals surface area contributed by atoms with Crippen molar-refractivity contribution in [3.8, 4) is 5.75 Å². The van der Waals surface area contributed by atoms with Crippen LogP contribution in [0.1, 0.15) is 25.3 Å². The molecule has 0 atom stereocenters. The van der Waals surface area contributed by atoms with Crippen molar-refractivity contribution in [2.45, 2.75) is 32.5 Å². The number of esters is 1. The third-order valence-electron chi connectivity index (χ3n) is 3.98. The smallest absolute Gasteiger partial charge is 0.466 e. The molecule has 2 rings (SSSR count). The number of alkyl halides is 3. The molecule has 0 N–H and O–H groups in total. The first-order chi connectivity index (χ1) is 11.8. The Morgan fingerprint density at radius 3 is 2.28 bits per heavy atom. The van der Waals surface area contributed by atoms with Gasteiger partial charge in [-0.1, -0.05) is 12.1 Å². The van der Waals surface area contributed by atoms with Gasteiger partial charge < -0.3 is 14.4 Å². The SMILES string of the molecule is CCOC(=O)C1CCN(C(=O)Cc2ccc(OC(F)(F)F)cc2)CC1. The maximum absolute atomic E-state index is 12.3. The van der Waals surface area contributed by atoms with E-state index in [0.29, 0.717) is 38.1 Å². The molecule has 1 aliphatic heterocycles. The van der Waals surface area contributed by atoms with E-state index >= 15 is 0 Å². The fraction of sp³-hybridized carbons (Fsp3) is 0.529. The quantitative estimate of drug-likeness (QED) is 0.759. The summed E-state index contributed by atoms with van der Waals surface area (Å²) in [6.07, 6.45) is -3.52. The molecule has 1 amide bonds. The van der Waals surface area contributed by atoms with E-state index in [1.807, 2.05) is 0 Å². The van der Waals surface area contributed by atoms with Crippen molar-refractivity contribution in [1.82, 2.24) is 4.90 Å². The Morgan fingerprint density at radius 2 is 1.76 bits per heavy atom. The molecular formula is C17H20F3NO4. The Balaban J connectivity index is 1.83. The number of benzene rings is 1. The van der Waals surface area contributed by atoms with Crippen molar-refractivity contribution in [3.05, 3.63) is 29.8 Å². The average molecular weight is 359 g/mol. The highest BCUT2D eigenvalue weighted by atomic mass is 19.4. The molecule has 0 aliphatic carbocycles. The van der Waals surface area contributed by atoms with Crippen LogP contribution < -0.4 is 4.74 Å². The first kappa shape index (κ1) is 19.1. The summed E-state index contributed by atoms with van der Waals surface area (Å²) in [5.41, 5.74) is 0.604. The minimum absolute atomic E-state index is 0.0936. The molecular weight excluding hydrogens is 339 g/mol. The lowest BCUT2D eigenvalue weighted by Gasteiger charge is -2.31. The number of amides is 1. The van der Waals surface area contributed by atoms with Crippen LogP contribution in [0.3, 0.4) is 0 Å². The lowest BCUT2D eigenvalue weighted by atomic mass is 9.96. The second-order valence-electron chi connectivity index (χ2n) is 5.78. The third kappa shape index (κ3) is 5.95. The lowest BCUT2D eigenvalue weighted by Crippen LogP contribution is -2.41. The highest BCUT2D eigenvalue weighted by molar-refractivity contribution is 5.79. The van der Waals surface area contributed by atoms with E-state index in [1.54, 1.807) is 11.8 Å². The number of rotatable bonds is 5. The van der Waals surface area contributed by atoms with Crippen molar-refractivity contribution in [3.63, 3.8) is 0 Å². The zero-order valence-corrected chi connectivity index (χ0v) is 13.8. The number of ether oxygens (including phenoxy) is 2. The highest BCUT2D eigenvalue weighted by Gasteiger charge is 2.31. The van der Waals surface area contributed by atoms with Crippen molar-refractivity contribution in [2.24, 2.45) is 5.92 Å². The van der Waals surface area contributed by atoms with Crippen molar-refractivity contribution in [2.75, 3.05) is 19.7 Å². The fourth-order valence-electron chi connectivity index (χ4n) is 2.72. The normalized spacial score (nSPS) is 15.8. The molecule has 0 spiro atoms. The molecule has 0 unspecified atom stereocenters. The summed E-state index contributed by atoms with van der Waals surface area (Å²) in [6.45, 7) is 3.03. The zero-order valence-electron chi connectivity index (χ0n) is 13.8. The van der Waals surface area contributed by atoms with Gasteiger partial charge in [0, 0.05) is 13.1 Å². The van der Waals surface area contributed by atoms with Crippen LogP contribution in [-0.4, -0.2) is 42.8 Å². The van der Waals surface area contributed by atoms with E-state index in [1.165, 1.54) is 24.3 Å². The second-order valence-corrected chi connectivity index (χ2v) is 5.78. The van der Waals surface area contributed by atoms with Gasteiger partial charge in [0.05, 0.1) is 18.9 Å². The van der Waals surface area contributed by atoms with E-state index < -0.39 is 6.36 Å². The van der Waals surface area contributed by atoms with Gasteiger partial charge in [-0.2, -0.15) is 0 Å². The number of hydrogen-bond acceptors (Lipinski definition) is 4. The summed E-state index contributed by atoms with van der Waals surface area (Å²) in [7, 11) is 0. The van der Waals surface area contributed by atoms with Crippen molar-refractivity contribution in [1.29, 1.82) is 0 Å². The van der Waals surface area contributed by atoms with Gasteiger partial charge in [0.15, 0.2) is 0 Å². The zero-order chi connectivity index (χ0) is 18.4. The van der Waals surface area contributed by atoms with Crippen molar-refractivity contribution < 1.29 is 32.2 Å². The van der Waals surface area contributed by atoms with E-state index in [4.69, 9.17) is 4.74 Å². The number of halogens is 3. The summed E-state index contributed by atoms with van der Waals surface area (Å²) in [6, 6.07) is 5.24. The average Bonchev–Trinajstić information content (AvgIpc) is 2.55. The predicted molar refractivity (Wildman–Crippen MR) is 82.8 cm³/mol. The summed E-state index contributed by atoms with van der Waals surface area (Å²) in [5.74, 6) is -0.844. The minimum Gasteiger partial charge on any atom is -0.466 e. The van der Waals surface area contributed by atoms with Gasteiger partial charge in [-0.05, 0) is 37.5 Å². The van der Waals surface area contributed by atoms with E-state index in [2.05, 4.69) is 4.74 Å².